The Morgan fingerprint density at radius 2 is 0.943 bits per heavy atom. The summed E-state index contributed by atoms with van der Waals surface area (Å²) in [7, 11) is -2.99. The van der Waals surface area contributed by atoms with Crippen LogP contribution in [0.15, 0.2) is 273 Å². The van der Waals surface area contributed by atoms with Gasteiger partial charge in [-0.3, -0.25) is 4.57 Å². The molecule has 12 aromatic rings. The highest BCUT2D eigenvalue weighted by Crippen LogP contribution is 2.41. The van der Waals surface area contributed by atoms with Crippen LogP contribution in [0.1, 0.15) is 5.48 Å². The molecule has 1 aliphatic rings. The summed E-state index contributed by atoms with van der Waals surface area (Å²) in [4.78, 5) is 12.9. The summed E-state index contributed by atoms with van der Waals surface area (Å²) in [5.41, 5.74) is 8.71. The second-order valence-corrected chi connectivity index (χ2v) is 21.6. The van der Waals surface area contributed by atoms with E-state index in [-0.39, 0.29) is 35.4 Å². The summed E-state index contributed by atoms with van der Waals surface area (Å²) < 4.78 is 41.7. The first-order valence-electron chi connectivity index (χ1n) is 25.7. The Morgan fingerprint density at radius 3 is 1.59 bits per heavy atom. The molecule has 1 aliphatic heterocycles. The van der Waals surface area contributed by atoms with Gasteiger partial charge in [0.2, 0.25) is 5.95 Å². The van der Waals surface area contributed by atoms with E-state index in [4.69, 9.17) is 9.97 Å². The summed E-state index contributed by atoms with van der Waals surface area (Å²) >= 11 is 0. The Bertz CT molecular complexity index is 3950. The Hall–Kier alpha value is -8.84. The standard InChI is InChI=1S/C64H45BN4Si/c1-5-25-48(26-6-1)65-58-39-17-13-35-54(58)55-36-16-20-42-63(55)69(65)49-27-21-23-46(43-49)59-45-60(67-64(66-59)68-61-40-18-14-37-56(61)57-38-15-19-41-62(57)68)47-24-22-34-53(44-47)70(50-28-7-2-8-29-50,51-30-9-3-10-31-51)52-32-11-4-12-33-52/h1-45H/i21D,23D,27D,43D. The predicted molar refractivity (Wildman–Crippen MR) is 296 cm³/mol. The molecule has 0 fully saturated rings. The van der Waals surface area contributed by atoms with Crippen LogP contribution in [0.25, 0.3) is 61.4 Å². The van der Waals surface area contributed by atoms with E-state index >= 15 is 0 Å². The van der Waals surface area contributed by atoms with Crippen molar-refractivity contribution in [2.75, 3.05) is 4.81 Å². The average Bonchev–Trinajstić information content (AvgIpc) is 3.81. The molecular formula is C64H45BN4Si. The zero-order valence-corrected chi connectivity index (χ0v) is 39.0. The first kappa shape index (κ1) is 37.2. The molecule has 0 bridgehead atoms. The highest BCUT2D eigenvalue weighted by molar-refractivity contribution is 7.20. The zero-order valence-electron chi connectivity index (χ0n) is 42.0. The van der Waals surface area contributed by atoms with Gasteiger partial charge in [-0.05, 0) is 68.1 Å². The number of fused-ring (bicyclic) bond motifs is 6. The van der Waals surface area contributed by atoms with Gasteiger partial charge in [0.05, 0.1) is 27.9 Å². The maximum absolute atomic E-state index is 10.4. The third-order valence-electron chi connectivity index (χ3n) is 13.9. The maximum Gasteiger partial charge on any atom is 0.328 e. The van der Waals surface area contributed by atoms with E-state index in [1.165, 1.54) is 15.6 Å². The molecule has 0 saturated heterocycles. The molecule has 10 aromatic carbocycles. The van der Waals surface area contributed by atoms with E-state index < -0.39 is 14.9 Å². The van der Waals surface area contributed by atoms with Crippen LogP contribution < -0.4 is 36.5 Å². The lowest BCUT2D eigenvalue weighted by atomic mass is 9.46. The SMILES string of the molecule is [2H]c1c([2H])c(-c2cc(-c3cccc([Si](c4ccccc4)(c4ccccc4)c4ccccc4)c3)nc(-n3c4ccccc4c4ccccc43)n2)c([2H])c(N2B(c3ccccc3)c3ccccc3-c3ccccc32)c1[2H]. The molecule has 0 spiro atoms. The van der Waals surface area contributed by atoms with Crippen LogP contribution >= 0.6 is 0 Å². The molecule has 2 aromatic heterocycles. The largest absolute Gasteiger partial charge is 0.376 e. The first-order chi connectivity index (χ1) is 36.4. The Balaban J connectivity index is 1.10. The number of nitrogens with zero attached hydrogens (tertiary/aromatic N) is 4. The Kier molecular flexibility index (Phi) is 9.22. The van der Waals surface area contributed by atoms with E-state index in [0.717, 1.165) is 60.3 Å². The van der Waals surface area contributed by atoms with E-state index in [2.05, 4.69) is 174 Å². The number of hydrogen-bond donors (Lipinski definition) is 0. The van der Waals surface area contributed by atoms with Gasteiger partial charge in [0, 0.05) is 38.8 Å². The van der Waals surface area contributed by atoms with Gasteiger partial charge < -0.3 is 4.81 Å². The van der Waals surface area contributed by atoms with Crippen molar-refractivity contribution >= 4 is 79.8 Å². The van der Waals surface area contributed by atoms with Crippen LogP contribution in [0.2, 0.25) is 0 Å². The van der Waals surface area contributed by atoms with Gasteiger partial charge in [-0.2, -0.15) is 0 Å². The molecule has 0 unspecified atom stereocenters. The molecule has 0 radical (unpaired) electrons. The van der Waals surface area contributed by atoms with Crippen molar-refractivity contribution in [3.63, 3.8) is 0 Å². The lowest BCUT2D eigenvalue weighted by Crippen LogP contribution is -2.74. The van der Waals surface area contributed by atoms with Gasteiger partial charge in [0.1, 0.15) is 0 Å². The lowest BCUT2D eigenvalue weighted by molar-refractivity contribution is 0.995. The fourth-order valence-electron chi connectivity index (χ4n) is 10.9. The number of rotatable bonds is 9. The second kappa shape index (κ2) is 17.4. The Labute approximate surface area is 415 Å². The molecule has 0 N–H and O–H groups in total. The van der Waals surface area contributed by atoms with Crippen molar-refractivity contribution in [1.29, 1.82) is 0 Å². The first-order valence-corrected chi connectivity index (χ1v) is 25.7. The maximum atomic E-state index is 10.4. The molecule has 0 atom stereocenters. The smallest absolute Gasteiger partial charge is 0.328 e. The van der Waals surface area contributed by atoms with Crippen molar-refractivity contribution in [2.24, 2.45) is 0 Å². The fourth-order valence-corrected chi connectivity index (χ4v) is 15.7. The van der Waals surface area contributed by atoms with Gasteiger partial charge in [-0.25, -0.2) is 9.97 Å². The van der Waals surface area contributed by atoms with E-state index in [1.807, 2.05) is 83.7 Å². The average molecular weight is 913 g/mol. The number of anilines is 2. The fraction of sp³-hybridized carbons (Fsp3) is 0. The zero-order chi connectivity index (χ0) is 49.9. The predicted octanol–water partition coefficient (Wildman–Crippen LogP) is 11.2. The molecule has 13 rings (SSSR count). The van der Waals surface area contributed by atoms with E-state index in [1.54, 1.807) is 0 Å². The molecule has 0 aliphatic carbocycles. The summed E-state index contributed by atoms with van der Waals surface area (Å²) in [6.45, 7) is -0.459. The summed E-state index contributed by atoms with van der Waals surface area (Å²) in [5.74, 6) is 0.360. The molecule has 328 valence electrons. The summed E-state index contributed by atoms with van der Waals surface area (Å²) in [5, 5.41) is 6.95. The molecular weight excluding hydrogens is 864 g/mol. The minimum Gasteiger partial charge on any atom is -0.376 e. The third kappa shape index (κ3) is 6.83. The van der Waals surface area contributed by atoms with Crippen LogP contribution in [0.4, 0.5) is 11.4 Å². The lowest BCUT2D eigenvalue weighted by Gasteiger charge is -2.39. The second-order valence-electron chi connectivity index (χ2n) is 17.7. The number of benzene rings is 10. The van der Waals surface area contributed by atoms with Gasteiger partial charge in [0.15, 0.2) is 8.07 Å². The highest BCUT2D eigenvalue weighted by Gasteiger charge is 2.42. The third-order valence-corrected chi connectivity index (χ3v) is 18.7. The molecule has 3 heterocycles. The van der Waals surface area contributed by atoms with Gasteiger partial charge in [0.25, 0.3) is 0 Å². The van der Waals surface area contributed by atoms with Crippen molar-refractivity contribution in [3.8, 4) is 39.6 Å². The molecule has 4 nitrogen and oxygen atoms in total. The molecule has 0 saturated carbocycles. The van der Waals surface area contributed by atoms with Crippen molar-refractivity contribution in [2.45, 2.75) is 0 Å². The normalized spacial score (nSPS) is 13.0. The van der Waals surface area contributed by atoms with Crippen LogP contribution in [0.5, 0.6) is 0 Å². The topological polar surface area (TPSA) is 34.0 Å². The number of aromatic nitrogens is 3. The van der Waals surface area contributed by atoms with Gasteiger partial charge in [-0.1, -0.05) is 242 Å². The summed E-state index contributed by atoms with van der Waals surface area (Å²) in [6.07, 6.45) is 0. The highest BCUT2D eigenvalue weighted by atomic mass is 28.3. The van der Waals surface area contributed by atoms with Crippen LogP contribution in [-0.4, -0.2) is 29.5 Å². The molecule has 6 heteroatoms. The van der Waals surface area contributed by atoms with Crippen LogP contribution in [-0.2, 0) is 0 Å². The van der Waals surface area contributed by atoms with Crippen molar-refractivity contribution in [3.05, 3.63) is 273 Å². The van der Waals surface area contributed by atoms with Crippen molar-refractivity contribution in [1.82, 2.24) is 14.5 Å². The Morgan fingerprint density at radius 1 is 0.429 bits per heavy atom. The minimum atomic E-state index is -2.99. The molecule has 70 heavy (non-hydrogen) atoms. The monoisotopic (exact) mass is 912 g/mol. The molecule has 0 amide bonds. The summed E-state index contributed by atoms with van der Waals surface area (Å²) in [6, 6.07) is 85.2. The van der Waals surface area contributed by atoms with E-state index in [0.29, 0.717) is 17.3 Å². The van der Waals surface area contributed by atoms with E-state index in [9.17, 15) is 5.48 Å². The number of hydrogen-bond acceptors (Lipinski definition) is 3. The number of para-hydroxylation sites is 3. The van der Waals surface area contributed by atoms with Gasteiger partial charge >= 0.3 is 6.85 Å². The van der Waals surface area contributed by atoms with Gasteiger partial charge in [-0.15, -0.1) is 0 Å². The minimum absolute atomic E-state index is 0.0682. The van der Waals surface area contributed by atoms with Crippen molar-refractivity contribution < 1.29 is 5.48 Å². The van der Waals surface area contributed by atoms with Crippen LogP contribution in [0.3, 0.4) is 0 Å². The van der Waals surface area contributed by atoms with Crippen LogP contribution in [0, 0.1) is 0 Å². The quantitative estimate of drug-likeness (QED) is 0.107.